The summed E-state index contributed by atoms with van der Waals surface area (Å²) in [4.78, 5) is 23.1. The number of benzene rings is 1. The van der Waals surface area contributed by atoms with Gasteiger partial charge in [0.05, 0.1) is 0 Å². The summed E-state index contributed by atoms with van der Waals surface area (Å²) in [7, 11) is 0. The largest absolute Gasteiger partial charge is 0.507 e. The highest BCUT2D eigenvalue weighted by Crippen LogP contribution is 2.41. The van der Waals surface area contributed by atoms with Crippen molar-refractivity contribution in [2.75, 3.05) is 0 Å². The van der Waals surface area contributed by atoms with Crippen LogP contribution in [0.25, 0.3) is 0 Å². The molecule has 1 aliphatic carbocycles. The van der Waals surface area contributed by atoms with E-state index in [1.807, 2.05) is 0 Å². The van der Waals surface area contributed by atoms with Crippen LogP contribution in [0, 0.1) is 0 Å². The smallest absolute Gasteiger partial charge is 0.200 e. The number of phenols is 1. The van der Waals surface area contributed by atoms with E-state index in [1.165, 1.54) is 6.07 Å². The number of aldehydes is 1. The van der Waals surface area contributed by atoms with E-state index in [1.54, 1.807) is 12.1 Å². The van der Waals surface area contributed by atoms with E-state index in [0.29, 0.717) is 36.0 Å². The molecule has 4 nitrogen and oxygen atoms in total. The van der Waals surface area contributed by atoms with E-state index < -0.39 is 0 Å². The zero-order valence-electron chi connectivity index (χ0n) is 8.97. The normalized spacial score (nSPS) is 21.9. The molecule has 0 saturated heterocycles. The van der Waals surface area contributed by atoms with Crippen molar-refractivity contribution in [1.29, 1.82) is 0 Å². The van der Waals surface area contributed by atoms with Crippen LogP contribution in [0.1, 0.15) is 23.2 Å². The number of Topliss-reactive ketones (excluding diaryl/α,β-unsaturated/α-hetero) is 1. The molecule has 1 atom stereocenters. The number of ketones is 1. The van der Waals surface area contributed by atoms with Crippen LogP contribution in [-0.4, -0.2) is 23.3 Å². The number of carbonyl (C=O) groups excluding carboxylic acids is 2. The molecule has 0 spiro atoms. The zero-order valence-corrected chi connectivity index (χ0v) is 8.97. The first-order valence-electron chi connectivity index (χ1n) is 5.44. The molecule has 1 N–H and O–H groups in total. The summed E-state index contributed by atoms with van der Waals surface area (Å²) in [6.07, 6.45) is 1.58. The molecular weight excluding hydrogens is 220 g/mol. The Kier molecular flexibility index (Phi) is 2.04. The standard InChI is InChI=1S/C13H10O4/c14-6-7-4-5-10-11(7)13(16)12-8(15)2-1-3-9(12)17-10/h1-3,6,10,15H,4-5H2. The number of phenolic OH excluding ortho intramolecular Hbond substituents is 1. The van der Waals surface area contributed by atoms with Gasteiger partial charge in [0.1, 0.15) is 29.5 Å². The Morgan fingerprint density at radius 1 is 1.41 bits per heavy atom. The molecular formula is C13H10O4. The second-order valence-electron chi connectivity index (χ2n) is 4.18. The van der Waals surface area contributed by atoms with Crippen molar-refractivity contribution in [2.45, 2.75) is 18.9 Å². The maximum Gasteiger partial charge on any atom is 0.200 e. The van der Waals surface area contributed by atoms with Gasteiger partial charge in [0, 0.05) is 11.1 Å². The van der Waals surface area contributed by atoms with Crippen LogP contribution in [0.5, 0.6) is 11.5 Å². The van der Waals surface area contributed by atoms with Crippen LogP contribution in [0.3, 0.4) is 0 Å². The molecule has 3 rings (SSSR count). The molecule has 0 amide bonds. The van der Waals surface area contributed by atoms with Gasteiger partial charge in [-0.05, 0) is 25.0 Å². The number of hydrogen-bond acceptors (Lipinski definition) is 4. The summed E-state index contributed by atoms with van der Waals surface area (Å²) >= 11 is 0. The molecule has 1 aromatic rings. The van der Waals surface area contributed by atoms with Crippen molar-refractivity contribution < 1.29 is 19.4 Å². The second-order valence-corrected chi connectivity index (χ2v) is 4.18. The minimum absolute atomic E-state index is 0.101. The summed E-state index contributed by atoms with van der Waals surface area (Å²) in [6, 6.07) is 4.73. The Balaban J connectivity index is 2.21. The molecule has 1 heterocycles. The van der Waals surface area contributed by atoms with Crippen LogP contribution in [-0.2, 0) is 4.79 Å². The maximum atomic E-state index is 12.2. The van der Waals surface area contributed by atoms with Gasteiger partial charge in [-0.25, -0.2) is 0 Å². The summed E-state index contributed by atoms with van der Waals surface area (Å²) in [5.74, 6) is 0.0143. The Labute approximate surface area is 97.5 Å². The summed E-state index contributed by atoms with van der Waals surface area (Å²) in [5, 5.41) is 9.69. The van der Waals surface area contributed by atoms with Gasteiger partial charge >= 0.3 is 0 Å². The van der Waals surface area contributed by atoms with Crippen molar-refractivity contribution in [3.8, 4) is 11.5 Å². The fourth-order valence-electron chi connectivity index (χ4n) is 2.44. The molecule has 0 bridgehead atoms. The minimum Gasteiger partial charge on any atom is -0.507 e. The molecule has 0 radical (unpaired) electrons. The SMILES string of the molecule is O=CC1=C2C(=O)c3c(O)cccc3OC2CC1. The fourth-order valence-corrected chi connectivity index (χ4v) is 2.44. The lowest BCUT2D eigenvalue weighted by atomic mass is 9.95. The third-order valence-corrected chi connectivity index (χ3v) is 3.23. The van der Waals surface area contributed by atoms with Crippen molar-refractivity contribution >= 4 is 12.1 Å². The molecule has 0 aromatic heterocycles. The van der Waals surface area contributed by atoms with Gasteiger partial charge in [-0.1, -0.05) is 6.07 Å². The molecule has 1 aromatic carbocycles. The second kappa shape index (κ2) is 3.45. The lowest BCUT2D eigenvalue weighted by Gasteiger charge is -2.24. The van der Waals surface area contributed by atoms with E-state index in [-0.39, 0.29) is 23.2 Å². The van der Waals surface area contributed by atoms with Crippen molar-refractivity contribution in [3.63, 3.8) is 0 Å². The zero-order chi connectivity index (χ0) is 12.0. The third kappa shape index (κ3) is 1.30. The number of ether oxygens (including phenoxy) is 1. The molecule has 86 valence electrons. The lowest BCUT2D eigenvalue weighted by molar-refractivity contribution is -0.105. The van der Waals surface area contributed by atoms with Gasteiger partial charge in [-0.2, -0.15) is 0 Å². The highest BCUT2D eigenvalue weighted by atomic mass is 16.5. The molecule has 0 saturated carbocycles. The molecule has 17 heavy (non-hydrogen) atoms. The highest BCUT2D eigenvalue weighted by molar-refractivity contribution is 6.16. The Morgan fingerprint density at radius 3 is 3.00 bits per heavy atom. The maximum absolute atomic E-state index is 12.2. The fraction of sp³-hybridized carbons (Fsp3) is 0.231. The van der Waals surface area contributed by atoms with Crippen molar-refractivity contribution in [3.05, 3.63) is 34.9 Å². The Hall–Kier alpha value is -2.10. The van der Waals surface area contributed by atoms with Crippen LogP contribution < -0.4 is 4.74 Å². The van der Waals surface area contributed by atoms with Crippen LogP contribution >= 0.6 is 0 Å². The van der Waals surface area contributed by atoms with Crippen LogP contribution in [0.4, 0.5) is 0 Å². The predicted octanol–water partition coefficient (Wildman–Crippen LogP) is 1.63. The van der Waals surface area contributed by atoms with Gasteiger partial charge < -0.3 is 9.84 Å². The van der Waals surface area contributed by atoms with E-state index in [9.17, 15) is 14.7 Å². The van der Waals surface area contributed by atoms with Gasteiger partial charge in [0.15, 0.2) is 0 Å². The number of aromatic hydroxyl groups is 1. The number of hydrogen-bond donors (Lipinski definition) is 1. The quantitative estimate of drug-likeness (QED) is 0.745. The molecule has 1 aliphatic heterocycles. The molecule has 0 fully saturated rings. The van der Waals surface area contributed by atoms with Gasteiger partial charge in [0.25, 0.3) is 0 Å². The van der Waals surface area contributed by atoms with E-state index in [4.69, 9.17) is 4.74 Å². The summed E-state index contributed by atoms with van der Waals surface area (Å²) in [6.45, 7) is 0. The highest BCUT2D eigenvalue weighted by Gasteiger charge is 2.39. The summed E-state index contributed by atoms with van der Waals surface area (Å²) in [5.41, 5.74) is 1.07. The van der Waals surface area contributed by atoms with Crippen molar-refractivity contribution in [1.82, 2.24) is 0 Å². The topological polar surface area (TPSA) is 63.6 Å². The third-order valence-electron chi connectivity index (χ3n) is 3.23. The van der Waals surface area contributed by atoms with Crippen LogP contribution in [0.2, 0.25) is 0 Å². The average Bonchev–Trinajstić information content (AvgIpc) is 2.72. The van der Waals surface area contributed by atoms with E-state index in [0.717, 1.165) is 0 Å². The first-order chi connectivity index (χ1) is 8.22. The summed E-state index contributed by atoms with van der Waals surface area (Å²) < 4.78 is 5.64. The average molecular weight is 230 g/mol. The number of carbonyl (C=O) groups is 2. The Bertz CT molecular complexity index is 557. The molecule has 1 unspecified atom stereocenters. The molecule has 2 aliphatic rings. The van der Waals surface area contributed by atoms with E-state index in [2.05, 4.69) is 0 Å². The monoisotopic (exact) mass is 230 g/mol. The van der Waals surface area contributed by atoms with E-state index >= 15 is 0 Å². The Morgan fingerprint density at radius 2 is 2.24 bits per heavy atom. The molecule has 4 heteroatoms. The number of fused-ring (bicyclic) bond motifs is 2. The van der Waals surface area contributed by atoms with Gasteiger partial charge in [-0.3, -0.25) is 9.59 Å². The van der Waals surface area contributed by atoms with Gasteiger partial charge in [-0.15, -0.1) is 0 Å². The minimum atomic E-state index is -0.336. The lowest BCUT2D eigenvalue weighted by Crippen LogP contribution is -2.27. The predicted molar refractivity (Wildman–Crippen MR) is 59.2 cm³/mol. The first-order valence-corrected chi connectivity index (χ1v) is 5.44. The van der Waals surface area contributed by atoms with Crippen molar-refractivity contribution in [2.24, 2.45) is 0 Å². The number of allylic oxidation sites excluding steroid dienone is 1. The number of rotatable bonds is 1. The van der Waals surface area contributed by atoms with Gasteiger partial charge in [0.2, 0.25) is 5.78 Å². The van der Waals surface area contributed by atoms with Crippen LogP contribution in [0.15, 0.2) is 29.3 Å². The first kappa shape index (κ1) is 10.1.